The third-order valence-corrected chi connectivity index (χ3v) is 3.57. The lowest BCUT2D eigenvalue weighted by atomic mass is 10.1. The van der Waals surface area contributed by atoms with Crippen LogP contribution in [0.4, 0.5) is 0 Å². The molecule has 9 heteroatoms. The zero-order valence-electron chi connectivity index (χ0n) is 12.7. The van der Waals surface area contributed by atoms with E-state index in [1.54, 1.807) is 10.7 Å². The molecule has 0 unspecified atom stereocenters. The number of carbonyl (C=O) groups excluding carboxylic acids is 1. The number of halogens is 1. The average molecular weight is 380 g/mol. The molecule has 0 atom stereocenters. The molecule has 0 fully saturated rings. The van der Waals surface area contributed by atoms with Gasteiger partial charge in [-0.15, -0.1) is 0 Å². The van der Waals surface area contributed by atoms with Crippen LogP contribution in [0.2, 0.25) is 0 Å². The van der Waals surface area contributed by atoms with E-state index in [9.17, 15) is 9.59 Å². The van der Waals surface area contributed by atoms with Crippen LogP contribution in [0, 0.1) is 0 Å². The number of rotatable bonds is 2. The van der Waals surface area contributed by atoms with Gasteiger partial charge in [0.1, 0.15) is 11.7 Å². The molecule has 1 amide bonds. The Bertz CT molecular complexity index is 947. The van der Waals surface area contributed by atoms with E-state index < -0.39 is 11.5 Å². The molecule has 3 heterocycles. The number of hydrogen-bond donors (Lipinski definition) is 1. The molecule has 0 aliphatic carbocycles. The standard InChI is InChI=1S/C14H14BrN5O3/c1-14(2,3)20-11-8(6-17-20)13(22)19(7-16-11)18-12(21)9-4-5-10(15)23-9/h4-7H,1-3H3,(H,18,21). The Labute approximate surface area is 139 Å². The van der Waals surface area contributed by atoms with Crippen LogP contribution in [0.1, 0.15) is 31.3 Å². The van der Waals surface area contributed by atoms with Crippen LogP contribution in [0.15, 0.2) is 38.5 Å². The molecule has 3 aromatic heterocycles. The Morgan fingerprint density at radius 3 is 2.70 bits per heavy atom. The number of nitrogens with zero attached hydrogens (tertiary/aromatic N) is 4. The van der Waals surface area contributed by atoms with Crippen molar-refractivity contribution in [3.8, 4) is 0 Å². The Hall–Kier alpha value is -2.42. The first kappa shape index (κ1) is 15.5. The van der Waals surface area contributed by atoms with E-state index in [4.69, 9.17) is 4.42 Å². The SMILES string of the molecule is CC(C)(C)n1ncc2c(=O)n(NC(=O)c3ccc(Br)o3)cnc21. The van der Waals surface area contributed by atoms with E-state index in [0.717, 1.165) is 4.68 Å². The van der Waals surface area contributed by atoms with Gasteiger partial charge < -0.3 is 4.42 Å². The lowest BCUT2D eigenvalue weighted by molar-refractivity contribution is 0.0979. The lowest BCUT2D eigenvalue weighted by Crippen LogP contribution is -2.33. The highest BCUT2D eigenvalue weighted by Crippen LogP contribution is 2.17. The zero-order chi connectivity index (χ0) is 16.8. The summed E-state index contributed by atoms with van der Waals surface area (Å²) in [7, 11) is 0. The molecular weight excluding hydrogens is 366 g/mol. The van der Waals surface area contributed by atoms with Crippen LogP contribution in [0.3, 0.4) is 0 Å². The van der Waals surface area contributed by atoms with Crippen LogP contribution < -0.4 is 11.0 Å². The molecule has 0 bridgehead atoms. The maximum Gasteiger partial charge on any atom is 0.305 e. The fraction of sp³-hybridized carbons (Fsp3) is 0.286. The third-order valence-electron chi connectivity index (χ3n) is 3.14. The number of aromatic nitrogens is 4. The summed E-state index contributed by atoms with van der Waals surface area (Å²) in [4.78, 5) is 28.7. The number of fused-ring (bicyclic) bond motifs is 1. The predicted octanol–water partition coefficient (Wildman–Crippen LogP) is 2.09. The summed E-state index contributed by atoms with van der Waals surface area (Å²) in [6.07, 6.45) is 2.70. The van der Waals surface area contributed by atoms with E-state index in [1.165, 1.54) is 18.6 Å². The quantitative estimate of drug-likeness (QED) is 0.735. The summed E-state index contributed by atoms with van der Waals surface area (Å²) in [6.45, 7) is 5.88. The highest BCUT2D eigenvalue weighted by atomic mass is 79.9. The molecule has 0 aliphatic rings. The molecule has 0 aliphatic heterocycles. The Morgan fingerprint density at radius 2 is 2.09 bits per heavy atom. The Kier molecular flexibility index (Phi) is 3.59. The summed E-state index contributed by atoms with van der Waals surface area (Å²) in [5.74, 6) is -0.476. The maximum atomic E-state index is 12.5. The van der Waals surface area contributed by atoms with Gasteiger partial charge in [-0.3, -0.25) is 15.0 Å². The summed E-state index contributed by atoms with van der Waals surface area (Å²) in [6, 6.07) is 3.08. The van der Waals surface area contributed by atoms with Gasteiger partial charge in [0.2, 0.25) is 0 Å². The second-order valence-electron chi connectivity index (χ2n) is 5.93. The summed E-state index contributed by atoms with van der Waals surface area (Å²) in [5, 5.41) is 4.54. The first-order chi connectivity index (χ1) is 10.8. The summed E-state index contributed by atoms with van der Waals surface area (Å²) in [5.41, 5.74) is 2.18. The van der Waals surface area contributed by atoms with E-state index in [0.29, 0.717) is 15.7 Å². The fourth-order valence-corrected chi connectivity index (χ4v) is 2.39. The fourth-order valence-electron chi connectivity index (χ4n) is 2.08. The molecule has 120 valence electrons. The maximum absolute atomic E-state index is 12.5. The Morgan fingerprint density at radius 1 is 1.35 bits per heavy atom. The second kappa shape index (κ2) is 5.34. The smallest absolute Gasteiger partial charge is 0.305 e. The monoisotopic (exact) mass is 379 g/mol. The molecule has 0 saturated carbocycles. The Balaban J connectivity index is 1.99. The van der Waals surface area contributed by atoms with Crippen molar-refractivity contribution < 1.29 is 9.21 Å². The molecule has 3 rings (SSSR count). The van der Waals surface area contributed by atoms with Crippen molar-refractivity contribution in [3.63, 3.8) is 0 Å². The molecule has 1 N–H and O–H groups in total. The highest BCUT2D eigenvalue weighted by molar-refractivity contribution is 9.10. The van der Waals surface area contributed by atoms with Gasteiger partial charge in [0, 0.05) is 0 Å². The normalized spacial score (nSPS) is 11.8. The number of furan rings is 1. The minimum Gasteiger partial charge on any atom is -0.444 e. The van der Waals surface area contributed by atoms with Crippen LogP contribution >= 0.6 is 15.9 Å². The molecule has 0 saturated heterocycles. The van der Waals surface area contributed by atoms with Crippen LogP contribution in [0.5, 0.6) is 0 Å². The van der Waals surface area contributed by atoms with Gasteiger partial charge in [0.05, 0.1) is 11.7 Å². The van der Waals surface area contributed by atoms with Crippen molar-refractivity contribution in [2.24, 2.45) is 0 Å². The molecule has 0 spiro atoms. The van der Waals surface area contributed by atoms with Crippen molar-refractivity contribution >= 4 is 32.9 Å². The molecule has 3 aromatic rings. The molecular formula is C14H14BrN5O3. The minimum absolute atomic E-state index is 0.0780. The van der Waals surface area contributed by atoms with Gasteiger partial charge in [-0.1, -0.05) is 0 Å². The van der Waals surface area contributed by atoms with Crippen molar-refractivity contribution in [2.75, 3.05) is 5.43 Å². The number of carbonyl (C=O) groups is 1. The van der Waals surface area contributed by atoms with Gasteiger partial charge in [-0.05, 0) is 48.8 Å². The van der Waals surface area contributed by atoms with Crippen molar-refractivity contribution in [1.82, 2.24) is 19.4 Å². The summed E-state index contributed by atoms with van der Waals surface area (Å²) < 4.78 is 8.25. The van der Waals surface area contributed by atoms with Crippen molar-refractivity contribution in [3.05, 3.63) is 45.4 Å². The van der Waals surface area contributed by atoms with Gasteiger partial charge in [0.15, 0.2) is 16.1 Å². The van der Waals surface area contributed by atoms with Gasteiger partial charge in [-0.25, -0.2) is 14.3 Å². The van der Waals surface area contributed by atoms with Crippen LogP contribution in [-0.4, -0.2) is 25.3 Å². The first-order valence-corrected chi connectivity index (χ1v) is 7.59. The molecule has 0 aromatic carbocycles. The average Bonchev–Trinajstić information content (AvgIpc) is 3.07. The summed E-state index contributed by atoms with van der Waals surface area (Å²) >= 11 is 3.12. The van der Waals surface area contributed by atoms with E-state index >= 15 is 0 Å². The van der Waals surface area contributed by atoms with Gasteiger partial charge >= 0.3 is 5.91 Å². The lowest BCUT2D eigenvalue weighted by Gasteiger charge is -2.19. The largest absolute Gasteiger partial charge is 0.444 e. The van der Waals surface area contributed by atoms with Gasteiger partial charge in [-0.2, -0.15) is 5.10 Å². The van der Waals surface area contributed by atoms with E-state index in [1.807, 2.05) is 20.8 Å². The second-order valence-corrected chi connectivity index (χ2v) is 6.71. The predicted molar refractivity (Wildman–Crippen MR) is 86.9 cm³/mol. The van der Waals surface area contributed by atoms with E-state index in [-0.39, 0.29) is 11.3 Å². The minimum atomic E-state index is -0.554. The molecule has 8 nitrogen and oxygen atoms in total. The number of nitrogens with one attached hydrogen (secondary N) is 1. The van der Waals surface area contributed by atoms with Gasteiger partial charge in [0.25, 0.3) is 5.56 Å². The molecule has 23 heavy (non-hydrogen) atoms. The first-order valence-electron chi connectivity index (χ1n) is 6.80. The topological polar surface area (TPSA) is 95.0 Å². The van der Waals surface area contributed by atoms with Crippen molar-refractivity contribution in [1.29, 1.82) is 0 Å². The van der Waals surface area contributed by atoms with Crippen LogP contribution in [0.25, 0.3) is 11.0 Å². The zero-order valence-corrected chi connectivity index (χ0v) is 14.3. The number of amides is 1. The highest BCUT2D eigenvalue weighted by Gasteiger charge is 2.20. The third kappa shape index (κ3) is 2.79. The van der Waals surface area contributed by atoms with E-state index in [2.05, 4.69) is 31.4 Å². The molecule has 0 radical (unpaired) electrons. The van der Waals surface area contributed by atoms with Crippen molar-refractivity contribution in [2.45, 2.75) is 26.3 Å². The number of hydrogen-bond acceptors (Lipinski definition) is 5. The van der Waals surface area contributed by atoms with Crippen LogP contribution in [-0.2, 0) is 5.54 Å².